The van der Waals surface area contributed by atoms with E-state index in [-0.39, 0.29) is 11.6 Å². The van der Waals surface area contributed by atoms with Crippen molar-refractivity contribution in [3.63, 3.8) is 0 Å². The fourth-order valence-electron chi connectivity index (χ4n) is 1.88. The van der Waals surface area contributed by atoms with E-state index in [0.29, 0.717) is 11.5 Å². The van der Waals surface area contributed by atoms with Crippen molar-refractivity contribution >= 4 is 33.9 Å². The molecule has 0 aliphatic carbocycles. The smallest absolute Gasteiger partial charge is 0.363 e. The van der Waals surface area contributed by atoms with Crippen molar-refractivity contribution < 1.29 is 18.7 Å². The van der Waals surface area contributed by atoms with Crippen molar-refractivity contribution in [1.29, 1.82) is 0 Å². The monoisotopic (exact) mass is 347 g/mol. The van der Waals surface area contributed by atoms with Crippen LogP contribution >= 0.6 is 15.9 Å². The van der Waals surface area contributed by atoms with E-state index in [4.69, 9.17) is 13.9 Å². The quantitative estimate of drug-likeness (QED) is 0.630. The molecule has 106 valence electrons. The molecule has 0 bridgehead atoms. The van der Waals surface area contributed by atoms with Gasteiger partial charge in [0.15, 0.2) is 11.5 Å². The summed E-state index contributed by atoms with van der Waals surface area (Å²) in [5, 5.41) is 0. The molecule has 1 aromatic carbocycles. The van der Waals surface area contributed by atoms with E-state index in [9.17, 15) is 4.79 Å². The summed E-state index contributed by atoms with van der Waals surface area (Å²) in [6.45, 7) is 0. The summed E-state index contributed by atoms with van der Waals surface area (Å²) in [6.07, 6.45) is 3.10. The lowest BCUT2D eigenvalue weighted by Crippen LogP contribution is -2.04. The van der Waals surface area contributed by atoms with Crippen LogP contribution in [-0.2, 0) is 9.53 Å². The SMILES string of the molecule is COc1ccc(Br)cc1C=C1N=C(c2ccco2)OC1=O. The molecule has 2 aromatic rings. The predicted molar refractivity (Wildman–Crippen MR) is 80.0 cm³/mol. The fraction of sp³-hybridized carbons (Fsp3) is 0.0667. The molecule has 0 fully saturated rings. The van der Waals surface area contributed by atoms with Gasteiger partial charge in [0.2, 0.25) is 0 Å². The third-order valence-electron chi connectivity index (χ3n) is 2.84. The van der Waals surface area contributed by atoms with Gasteiger partial charge in [0.05, 0.1) is 13.4 Å². The largest absolute Gasteiger partial charge is 0.496 e. The Morgan fingerprint density at radius 2 is 2.19 bits per heavy atom. The molecule has 6 heteroatoms. The number of nitrogens with zero attached hydrogens (tertiary/aromatic N) is 1. The van der Waals surface area contributed by atoms with Crippen molar-refractivity contribution in [2.75, 3.05) is 7.11 Å². The number of benzene rings is 1. The van der Waals surface area contributed by atoms with E-state index in [1.165, 1.54) is 6.26 Å². The third-order valence-corrected chi connectivity index (χ3v) is 3.33. The average Bonchev–Trinajstić information content (AvgIpc) is 3.10. The Labute approximate surface area is 129 Å². The Hall–Kier alpha value is -2.34. The maximum absolute atomic E-state index is 11.9. The standard InChI is InChI=1S/C15H10BrNO4/c1-19-12-5-4-10(16)7-9(12)8-11-15(18)21-14(17-11)13-3-2-6-20-13/h2-8H,1H3. The van der Waals surface area contributed by atoms with Gasteiger partial charge in [0, 0.05) is 10.0 Å². The van der Waals surface area contributed by atoms with Gasteiger partial charge in [-0.1, -0.05) is 15.9 Å². The van der Waals surface area contributed by atoms with Crippen LogP contribution in [0.5, 0.6) is 5.75 Å². The Kier molecular flexibility index (Phi) is 3.62. The zero-order valence-electron chi connectivity index (χ0n) is 11.0. The van der Waals surface area contributed by atoms with Gasteiger partial charge in [-0.05, 0) is 36.4 Å². The number of aliphatic imine (C=N–C) groups is 1. The summed E-state index contributed by atoms with van der Waals surface area (Å²) in [5.74, 6) is 0.682. The second-order valence-corrected chi connectivity index (χ2v) is 5.12. The number of carbonyl (C=O) groups excluding carboxylic acids is 1. The van der Waals surface area contributed by atoms with Crippen LogP contribution in [0.4, 0.5) is 0 Å². The number of ether oxygens (including phenoxy) is 2. The summed E-state index contributed by atoms with van der Waals surface area (Å²) in [4.78, 5) is 16.0. The highest BCUT2D eigenvalue weighted by Gasteiger charge is 2.26. The van der Waals surface area contributed by atoms with Crippen LogP contribution in [0.25, 0.3) is 6.08 Å². The van der Waals surface area contributed by atoms with Gasteiger partial charge < -0.3 is 13.9 Å². The molecule has 2 heterocycles. The molecule has 1 aliphatic rings. The molecule has 0 amide bonds. The molecule has 0 spiro atoms. The van der Waals surface area contributed by atoms with Crippen molar-refractivity contribution in [3.05, 3.63) is 58.1 Å². The molecular formula is C15H10BrNO4. The number of cyclic esters (lactones) is 1. The maximum atomic E-state index is 11.9. The molecule has 1 aliphatic heterocycles. The van der Waals surface area contributed by atoms with Crippen LogP contribution < -0.4 is 4.74 Å². The van der Waals surface area contributed by atoms with Gasteiger partial charge in [-0.3, -0.25) is 0 Å². The van der Waals surface area contributed by atoms with Crippen molar-refractivity contribution in [1.82, 2.24) is 0 Å². The van der Waals surface area contributed by atoms with E-state index in [0.717, 1.165) is 10.0 Å². The highest BCUT2D eigenvalue weighted by Crippen LogP contribution is 2.27. The molecule has 1 aromatic heterocycles. The number of methoxy groups -OCH3 is 1. The lowest BCUT2D eigenvalue weighted by Gasteiger charge is -2.04. The molecule has 0 atom stereocenters. The van der Waals surface area contributed by atoms with Gasteiger partial charge >= 0.3 is 5.97 Å². The Morgan fingerprint density at radius 1 is 1.33 bits per heavy atom. The van der Waals surface area contributed by atoms with Crippen molar-refractivity contribution in [3.8, 4) is 5.75 Å². The molecule has 21 heavy (non-hydrogen) atoms. The molecule has 3 rings (SSSR count). The summed E-state index contributed by atoms with van der Waals surface area (Å²) in [5.41, 5.74) is 0.918. The van der Waals surface area contributed by atoms with Crippen LogP contribution in [-0.4, -0.2) is 19.0 Å². The number of furan rings is 1. The van der Waals surface area contributed by atoms with E-state index in [1.807, 2.05) is 12.1 Å². The topological polar surface area (TPSA) is 61.0 Å². The minimum atomic E-state index is -0.525. The van der Waals surface area contributed by atoms with Crippen LogP contribution in [0.15, 0.2) is 56.2 Å². The van der Waals surface area contributed by atoms with E-state index < -0.39 is 5.97 Å². The minimum absolute atomic E-state index is 0.158. The van der Waals surface area contributed by atoms with E-state index in [2.05, 4.69) is 20.9 Å². The van der Waals surface area contributed by atoms with Gasteiger partial charge in [0.25, 0.3) is 5.90 Å². The normalized spacial score (nSPS) is 16.0. The second kappa shape index (κ2) is 5.57. The molecule has 0 radical (unpaired) electrons. The predicted octanol–water partition coefficient (Wildman–Crippen LogP) is 3.40. The first-order chi connectivity index (χ1) is 10.2. The van der Waals surface area contributed by atoms with E-state index in [1.54, 1.807) is 31.4 Å². The van der Waals surface area contributed by atoms with Crippen LogP contribution in [0.2, 0.25) is 0 Å². The van der Waals surface area contributed by atoms with Gasteiger partial charge in [-0.2, -0.15) is 0 Å². The van der Waals surface area contributed by atoms with Crippen molar-refractivity contribution in [2.45, 2.75) is 0 Å². The molecule has 0 N–H and O–H groups in total. The van der Waals surface area contributed by atoms with E-state index >= 15 is 0 Å². The summed E-state index contributed by atoms with van der Waals surface area (Å²) in [7, 11) is 1.57. The number of halogens is 1. The van der Waals surface area contributed by atoms with Crippen molar-refractivity contribution in [2.24, 2.45) is 4.99 Å². The summed E-state index contributed by atoms with van der Waals surface area (Å²) < 4.78 is 16.4. The van der Waals surface area contributed by atoms with Crippen LogP contribution in [0, 0.1) is 0 Å². The Bertz CT molecular complexity index is 747. The first kappa shape index (κ1) is 13.6. The van der Waals surface area contributed by atoms with Gasteiger partial charge in [-0.15, -0.1) is 0 Å². The van der Waals surface area contributed by atoms with Gasteiger partial charge in [0.1, 0.15) is 5.75 Å². The number of rotatable bonds is 3. The van der Waals surface area contributed by atoms with Crippen LogP contribution in [0.1, 0.15) is 11.3 Å². The Balaban J connectivity index is 2.00. The van der Waals surface area contributed by atoms with Gasteiger partial charge in [-0.25, -0.2) is 9.79 Å². The first-order valence-electron chi connectivity index (χ1n) is 6.07. The summed E-state index contributed by atoms with van der Waals surface area (Å²) >= 11 is 3.38. The molecule has 5 nitrogen and oxygen atoms in total. The maximum Gasteiger partial charge on any atom is 0.363 e. The fourth-order valence-corrected chi connectivity index (χ4v) is 2.26. The lowest BCUT2D eigenvalue weighted by atomic mass is 10.1. The molecule has 0 saturated heterocycles. The molecule has 0 unspecified atom stereocenters. The number of hydrogen-bond donors (Lipinski definition) is 0. The highest BCUT2D eigenvalue weighted by atomic mass is 79.9. The lowest BCUT2D eigenvalue weighted by molar-refractivity contribution is -0.130. The molecular weight excluding hydrogens is 338 g/mol. The number of esters is 1. The third kappa shape index (κ3) is 2.75. The minimum Gasteiger partial charge on any atom is -0.496 e. The molecule has 0 saturated carbocycles. The van der Waals surface area contributed by atoms with Crippen LogP contribution in [0.3, 0.4) is 0 Å². The number of hydrogen-bond acceptors (Lipinski definition) is 5. The highest BCUT2D eigenvalue weighted by molar-refractivity contribution is 9.10. The first-order valence-corrected chi connectivity index (χ1v) is 6.86. The zero-order chi connectivity index (χ0) is 14.8. The Morgan fingerprint density at radius 3 is 2.90 bits per heavy atom. The summed E-state index contributed by atoms with van der Waals surface area (Å²) in [6, 6.07) is 8.86. The average molecular weight is 348 g/mol. The second-order valence-electron chi connectivity index (χ2n) is 4.20. The zero-order valence-corrected chi connectivity index (χ0v) is 12.6. The number of carbonyl (C=O) groups is 1.